The van der Waals surface area contributed by atoms with Crippen molar-refractivity contribution in [3.05, 3.63) is 35.5 Å². The van der Waals surface area contributed by atoms with Gasteiger partial charge in [-0.1, -0.05) is 0 Å². The fraction of sp³-hybridized carbons (Fsp3) is 0.389. The fourth-order valence-corrected chi connectivity index (χ4v) is 3.50. The van der Waals surface area contributed by atoms with Crippen LogP contribution in [0.15, 0.2) is 18.2 Å². The predicted octanol–water partition coefficient (Wildman–Crippen LogP) is 3.12. The lowest BCUT2D eigenvalue weighted by atomic mass is 10.2. The number of carbonyl (C=O) groups is 1. The summed E-state index contributed by atoms with van der Waals surface area (Å²) >= 11 is 0. The largest absolute Gasteiger partial charge is 0.478 e. The Morgan fingerprint density at radius 3 is 3.04 bits per heavy atom. The number of benzene rings is 1. The zero-order valence-electron chi connectivity index (χ0n) is 15.4. The molecule has 3 heterocycles. The zero-order chi connectivity index (χ0) is 19.1. The van der Waals surface area contributed by atoms with Crippen LogP contribution < -0.4 is 10.1 Å². The summed E-state index contributed by atoms with van der Waals surface area (Å²) in [7, 11) is 3.31. The number of nitrogens with one attached hydrogen (secondary N) is 2. The molecule has 8 nitrogen and oxygen atoms in total. The second-order valence-electron chi connectivity index (χ2n) is 6.66. The number of fused-ring (bicyclic) bond motifs is 1. The monoisotopic (exact) mass is 372 g/mol. The van der Waals surface area contributed by atoms with Crippen LogP contribution in [0.2, 0.25) is 0 Å². The van der Waals surface area contributed by atoms with Gasteiger partial charge in [-0.25, -0.2) is 14.2 Å². The number of aromatic amines is 1. The molecule has 0 bridgehead atoms. The van der Waals surface area contributed by atoms with Crippen LogP contribution in [0.5, 0.6) is 5.88 Å². The molecule has 1 aromatic carbocycles. The molecule has 3 aromatic rings. The van der Waals surface area contributed by atoms with Gasteiger partial charge >= 0.3 is 6.03 Å². The van der Waals surface area contributed by atoms with Gasteiger partial charge < -0.3 is 19.9 Å². The molecule has 0 spiro atoms. The first-order chi connectivity index (χ1) is 13.0. The average Bonchev–Trinajstić information content (AvgIpc) is 3.34. The number of aromatic nitrogens is 4. The highest BCUT2D eigenvalue weighted by Crippen LogP contribution is 2.33. The van der Waals surface area contributed by atoms with Gasteiger partial charge in [0.15, 0.2) is 0 Å². The number of likely N-dealkylation sites (tertiary alicyclic amines) is 1. The fourth-order valence-electron chi connectivity index (χ4n) is 3.50. The molecule has 9 heteroatoms. The van der Waals surface area contributed by atoms with E-state index in [1.807, 2.05) is 6.92 Å². The summed E-state index contributed by atoms with van der Waals surface area (Å²) < 4.78 is 20.3. The molecule has 1 atom stereocenters. The van der Waals surface area contributed by atoms with Gasteiger partial charge in [-0.2, -0.15) is 0 Å². The van der Waals surface area contributed by atoms with Crippen LogP contribution in [0.1, 0.15) is 30.4 Å². The lowest BCUT2D eigenvalue weighted by molar-refractivity contribution is 0.205. The predicted molar refractivity (Wildman–Crippen MR) is 98.2 cm³/mol. The van der Waals surface area contributed by atoms with Crippen molar-refractivity contribution in [2.24, 2.45) is 7.05 Å². The number of methoxy groups -OCH3 is 1. The molecule has 2 N–H and O–H groups in total. The quantitative estimate of drug-likeness (QED) is 0.739. The van der Waals surface area contributed by atoms with E-state index in [9.17, 15) is 9.18 Å². The summed E-state index contributed by atoms with van der Waals surface area (Å²) in [5.74, 6) is 0.717. The van der Waals surface area contributed by atoms with Gasteiger partial charge in [-0.3, -0.25) is 4.68 Å². The summed E-state index contributed by atoms with van der Waals surface area (Å²) in [6.45, 7) is 2.48. The maximum atomic E-state index is 13.4. The third-order valence-corrected chi connectivity index (χ3v) is 5.02. The normalized spacial score (nSPS) is 16.9. The van der Waals surface area contributed by atoms with Crippen LogP contribution in [0.3, 0.4) is 0 Å². The van der Waals surface area contributed by atoms with E-state index >= 15 is 0 Å². The topological polar surface area (TPSA) is 88.1 Å². The van der Waals surface area contributed by atoms with Crippen molar-refractivity contribution < 1.29 is 13.9 Å². The number of imidazole rings is 1. The standard InChI is InChI=1S/C18H21FN6O2/c1-10-15(17(27-3)23-24(10)2)22-18(26)25-8-4-5-14(25)16-20-12-7-6-11(19)9-13(12)21-16/h6-7,9,14H,4-5,8H2,1-3H3,(H,20,21)(H,22,26)/t14-/m1/s1. The van der Waals surface area contributed by atoms with Gasteiger partial charge in [0.1, 0.15) is 17.3 Å². The van der Waals surface area contributed by atoms with Crippen LogP contribution in [0.4, 0.5) is 14.9 Å². The van der Waals surface area contributed by atoms with E-state index in [0.717, 1.165) is 18.5 Å². The van der Waals surface area contributed by atoms with Gasteiger partial charge in [-0.15, -0.1) is 5.10 Å². The minimum Gasteiger partial charge on any atom is -0.478 e. The summed E-state index contributed by atoms with van der Waals surface area (Å²) in [5.41, 5.74) is 2.67. The maximum Gasteiger partial charge on any atom is 0.322 e. The van der Waals surface area contributed by atoms with Crippen molar-refractivity contribution in [3.8, 4) is 5.88 Å². The number of carbonyl (C=O) groups excluding carboxylic acids is 1. The van der Waals surface area contributed by atoms with Crippen LogP contribution in [0, 0.1) is 12.7 Å². The third kappa shape index (κ3) is 2.98. The van der Waals surface area contributed by atoms with Crippen molar-refractivity contribution in [2.75, 3.05) is 19.0 Å². The molecular formula is C18H21FN6O2. The lowest BCUT2D eigenvalue weighted by Gasteiger charge is -2.23. The Labute approximate surface area is 155 Å². The Morgan fingerprint density at radius 1 is 1.44 bits per heavy atom. The van der Waals surface area contributed by atoms with E-state index < -0.39 is 0 Å². The van der Waals surface area contributed by atoms with Crippen LogP contribution in [-0.4, -0.2) is 44.3 Å². The van der Waals surface area contributed by atoms with Crippen molar-refractivity contribution in [3.63, 3.8) is 0 Å². The molecular weight excluding hydrogens is 351 g/mol. The number of aryl methyl sites for hydroxylation is 1. The Hall–Kier alpha value is -3.10. The molecule has 1 saturated heterocycles. The van der Waals surface area contributed by atoms with Gasteiger partial charge in [0.2, 0.25) is 0 Å². The molecule has 2 aromatic heterocycles. The lowest BCUT2D eigenvalue weighted by Crippen LogP contribution is -2.35. The van der Waals surface area contributed by atoms with Gasteiger partial charge in [0.05, 0.1) is 29.9 Å². The van der Waals surface area contributed by atoms with E-state index in [0.29, 0.717) is 35.0 Å². The Bertz CT molecular complexity index is 1010. The summed E-state index contributed by atoms with van der Waals surface area (Å²) in [4.78, 5) is 22.4. The molecule has 1 fully saturated rings. The molecule has 0 saturated carbocycles. The third-order valence-electron chi connectivity index (χ3n) is 5.02. The number of amides is 2. The minimum absolute atomic E-state index is 0.191. The molecule has 0 aliphatic carbocycles. The summed E-state index contributed by atoms with van der Waals surface area (Å²) in [6, 6.07) is 3.99. The SMILES string of the molecule is COc1nn(C)c(C)c1NC(=O)N1CCC[C@@H]1c1nc2ccc(F)cc2[nH]1. The van der Waals surface area contributed by atoms with Crippen molar-refractivity contribution >= 4 is 22.8 Å². The first-order valence-corrected chi connectivity index (χ1v) is 8.78. The van der Waals surface area contributed by atoms with Crippen LogP contribution in [-0.2, 0) is 7.05 Å². The number of hydrogen-bond acceptors (Lipinski definition) is 4. The van der Waals surface area contributed by atoms with E-state index in [4.69, 9.17) is 4.74 Å². The van der Waals surface area contributed by atoms with Crippen LogP contribution in [0.25, 0.3) is 11.0 Å². The number of hydrogen-bond donors (Lipinski definition) is 2. The molecule has 0 unspecified atom stereocenters. The number of ether oxygens (including phenoxy) is 1. The number of H-pyrrole nitrogens is 1. The molecule has 27 heavy (non-hydrogen) atoms. The van der Waals surface area contributed by atoms with Gasteiger partial charge in [0, 0.05) is 13.6 Å². The zero-order valence-corrected chi connectivity index (χ0v) is 15.4. The first-order valence-electron chi connectivity index (χ1n) is 8.78. The average molecular weight is 372 g/mol. The van der Waals surface area contributed by atoms with Gasteiger partial charge in [0.25, 0.3) is 5.88 Å². The van der Waals surface area contributed by atoms with E-state index in [1.165, 1.54) is 19.2 Å². The Kier molecular flexibility index (Phi) is 4.21. The molecule has 0 radical (unpaired) electrons. The highest BCUT2D eigenvalue weighted by Gasteiger charge is 2.33. The van der Waals surface area contributed by atoms with E-state index in [-0.39, 0.29) is 17.9 Å². The van der Waals surface area contributed by atoms with E-state index in [2.05, 4.69) is 20.4 Å². The maximum absolute atomic E-state index is 13.4. The Balaban J connectivity index is 1.60. The van der Waals surface area contributed by atoms with Gasteiger partial charge in [-0.05, 0) is 38.0 Å². The molecule has 2 amide bonds. The smallest absolute Gasteiger partial charge is 0.322 e. The summed E-state index contributed by atoms with van der Waals surface area (Å²) in [6.07, 6.45) is 1.66. The number of nitrogens with zero attached hydrogens (tertiary/aromatic N) is 4. The van der Waals surface area contributed by atoms with Crippen molar-refractivity contribution in [1.82, 2.24) is 24.6 Å². The number of halogens is 1. The summed E-state index contributed by atoms with van der Waals surface area (Å²) in [5, 5.41) is 7.14. The first kappa shape index (κ1) is 17.3. The van der Waals surface area contributed by atoms with Crippen molar-refractivity contribution in [2.45, 2.75) is 25.8 Å². The molecule has 142 valence electrons. The molecule has 4 rings (SSSR count). The van der Waals surface area contributed by atoms with Crippen molar-refractivity contribution in [1.29, 1.82) is 0 Å². The Morgan fingerprint density at radius 2 is 2.26 bits per heavy atom. The second-order valence-corrected chi connectivity index (χ2v) is 6.66. The number of urea groups is 1. The molecule has 1 aliphatic rings. The number of rotatable bonds is 3. The minimum atomic E-state index is -0.321. The highest BCUT2D eigenvalue weighted by molar-refractivity contribution is 5.92. The highest BCUT2D eigenvalue weighted by atomic mass is 19.1. The van der Waals surface area contributed by atoms with Crippen LogP contribution >= 0.6 is 0 Å². The van der Waals surface area contributed by atoms with E-state index in [1.54, 1.807) is 22.7 Å². The second kappa shape index (κ2) is 6.57. The molecule has 1 aliphatic heterocycles. The number of anilines is 1.